The van der Waals surface area contributed by atoms with E-state index in [1.807, 2.05) is 81.4 Å². The topological polar surface area (TPSA) is 150 Å². The first-order chi connectivity index (χ1) is 31.1. The van der Waals surface area contributed by atoms with Crippen molar-refractivity contribution < 1.29 is 34.0 Å². The van der Waals surface area contributed by atoms with Gasteiger partial charge in [-0.3, -0.25) is 4.79 Å². The molecule has 67 heavy (non-hydrogen) atoms. The fourth-order valence-corrected chi connectivity index (χ4v) is 8.59. The van der Waals surface area contributed by atoms with E-state index in [1.54, 1.807) is 0 Å². The van der Waals surface area contributed by atoms with E-state index in [-0.39, 0.29) is 42.3 Å². The Kier molecular flexibility index (Phi) is 20.3. The predicted molar refractivity (Wildman–Crippen MR) is 271 cm³/mol. The summed E-state index contributed by atoms with van der Waals surface area (Å²) in [6, 6.07) is 32.0. The summed E-state index contributed by atoms with van der Waals surface area (Å²) >= 11 is 0. The van der Waals surface area contributed by atoms with Gasteiger partial charge in [-0.25, -0.2) is 4.79 Å². The van der Waals surface area contributed by atoms with Crippen LogP contribution in [-0.4, -0.2) is 78.4 Å². The van der Waals surface area contributed by atoms with E-state index in [4.69, 9.17) is 14.2 Å². The molecule has 368 valence electrons. The highest BCUT2D eigenvalue weighted by Gasteiger charge is 2.29. The molecule has 6 N–H and O–H groups in total. The summed E-state index contributed by atoms with van der Waals surface area (Å²) < 4.78 is 17.2. The lowest BCUT2D eigenvalue weighted by Gasteiger charge is -2.31. The van der Waals surface area contributed by atoms with Gasteiger partial charge in [-0.2, -0.15) is 0 Å². The maximum absolute atomic E-state index is 12.5. The summed E-state index contributed by atoms with van der Waals surface area (Å²) in [7, 11) is 0. The first-order valence-corrected chi connectivity index (χ1v) is 23.8. The van der Waals surface area contributed by atoms with Crippen molar-refractivity contribution in [2.75, 3.05) is 26.3 Å². The minimum atomic E-state index is -0.799. The van der Waals surface area contributed by atoms with Gasteiger partial charge in [0, 0.05) is 56.1 Å². The van der Waals surface area contributed by atoms with Crippen LogP contribution in [0.3, 0.4) is 0 Å². The lowest BCUT2D eigenvalue weighted by Crippen LogP contribution is -2.50. The highest BCUT2D eigenvalue weighted by molar-refractivity contribution is 5.73. The molecule has 11 heteroatoms. The monoisotopic (exact) mass is 923 g/mol. The van der Waals surface area contributed by atoms with Crippen molar-refractivity contribution in [1.29, 1.82) is 0 Å². The maximum Gasteiger partial charge on any atom is 0.407 e. The van der Waals surface area contributed by atoms with Crippen molar-refractivity contribution in [3.8, 4) is 11.5 Å². The van der Waals surface area contributed by atoms with E-state index in [9.17, 15) is 19.8 Å². The number of fused-ring (bicyclic) bond motifs is 2. The Morgan fingerprint density at radius 2 is 1.01 bits per heavy atom. The first-order valence-electron chi connectivity index (χ1n) is 23.8. The second-order valence-corrected chi connectivity index (χ2v) is 21.5. The van der Waals surface area contributed by atoms with Crippen LogP contribution in [0.25, 0.3) is 0 Å². The van der Waals surface area contributed by atoms with Gasteiger partial charge in [-0.15, -0.1) is 0 Å². The van der Waals surface area contributed by atoms with E-state index < -0.39 is 29.9 Å². The number of hydrogen-bond acceptors (Lipinski definition) is 9. The van der Waals surface area contributed by atoms with Crippen LogP contribution >= 0.6 is 0 Å². The second kappa shape index (κ2) is 24.9. The second-order valence-electron chi connectivity index (χ2n) is 21.5. The van der Waals surface area contributed by atoms with Crippen molar-refractivity contribution >= 4 is 12.0 Å². The first kappa shape index (κ1) is 54.7. The van der Waals surface area contributed by atoms with Crippen molar-refractivity contribution in [2.24, 2.45) is 10.8 Å². The fraction of sp³-hybridized carbons (Fsp3) is 0.536. The molecule has 0 aromatic heterocycles. The molecule has 0 saturated carbocycles. The number of carbonyl (C=O) groups excluding carboxylic acids is 2. The lowest BCUT2D eigenvalue weighted by molar-refractivity contribution is -0.120. The number of aliphatic hydroxyl groups is 2. The van der Waals surface area contributed by atoms with Gasteiger partial charge in [0.1, 0.15) is 17.1 Å². The Balaban J connectivity index is 0.000000290. The van der Waals surface area contributed by atoms with E-state index >= 15 is 0 Å². The van der Waals surface area contributed by atoms with E-state index in [0.29, 0.717) is 39.1 Å². The smallest absolute Gasteiger partial charge is 0.407 e. The van der Waals surface area contributed by atoms with Gasteiger partial charge in [0.15, 0.2) is 0 Å². The molecule has 6 atom stereocenters. The highest BCUT2D eigenvalue weighted by atomic mass is 16.6. The Hall–Kier alpha value is -4.94. The molecule has 0 unspecified atom stereocenters. The maximum atomic E-state index is 12.5. The molecule has 0 radical (unpaired) electrons. The average Bonchev–Trinajstić information content (AvgIpc) is 3.23. The molecule has 2 amide bonds. The van der Waals surface area contributed by atoms with E-state index in [2.05, 4.69) is 99.2 Å². The molecule has 0 spiro atoms. The molecular weight excluding hydrogens is 841 g/mol. The summed E-state index contributed by atoms with van der Waals surface area (Å²) in [6.07, 6.45) is 2.71. The largest absolute Gasteiger partial charge is 0.493 e. The summed E-state index contributed by atoms with van der Waals surface area (Å²) in [4.78, 5) is 24.2. The van der Waals surface area contributed by atoms with Gasteiger partial charge in [0.2, 0.25) is 5.91 Å². The number of hydrogen-bond donors (Lipinski definition) is 6. The van der Waals surface area contributed by atoms with E-state index in [0.717, 1.165) is 59.4 Å². The summed E-state index contributed by atoms with van der Waals surface area (Å²) in [6.45, 7) is 22.4. The summed E-state index contributed by atoms with van der Waals surface area (Å²) in [5, 5.41) is 34.9. The third-order valence-electron chi connectivity index (χ3n) is 11.5. The summed E-state index contributed by atoms with van der Waals surface area (Å²) in [5.74, 6) is 1.68. The molecule has 0 saturated heterocycles. The van der Waals surface area contributed by atoms with Crippen LogP contribution in [0.15, 0.2) is 97.1 Å². The van der Waals surface area contributed by atoms with Crippen molar-refractivity contribution in [3.63, 3.8) is 0 Å². The number of carbonyl (C=O) groups is 2. The van der Waals surface area contributed by atoms with Gasteiger partial charge >= 0.3 is 6.09 Å². The number of aliphatic hydroxyl groups excluding tert-OH is 2. The Labute approximate surface area is 402 Å². The van der Waals surface area contributed by atoms with Gasteiger partial charge in [0.25, 0.3) is 0 Å². The summed E-state index contributed by atoms with van der Waals surface area (Å²) in [5.41, 5.74) is 6.78. The molecule has 2 heterocycles. The molecule has 4 aromatic rings. The van der Waals surface area contributed by atoms with Gasteiger partial charge in [-0.05, 0) is 91.7 Å². The zero-order valence-electron chi connectivity index (χ0n) is 41.2. The normalized spacial score (nSPS) is 17.5. The third kappa shape index (κ3) is 18.9. The van der Waals surface area contributed by atoms with E-state index in [1.165, 1.54) is 18.1 Å². The number of rotatable bonds is 16. The third-order valence-corrected chi connectivity index (χ3v) is 11.5. The molecule has 0 aliphatic carbocycles. The number of benzene rings is 4. The number of amides is 2. The minimum absolute atomic E-state index is 0. The fourth-order valence-electron chi connectivity index (χ4n) is 8.59. The molecular formula is C56H82N4O7. The van der Waals surface area contributed by atoms with Crippen LogP contribution in [0.1, 0.15) is 135 Å². The molecule has 6 rings (SSSR count). The van der Waals surface area contributed by atoms with Gasteiger partial charge in [-0.1, -0.05) is 134 Å². The molecule has 4 aromatic carbocycles. The molecule has 2 aliphatic heterocycles. The number of nitrogens with one attached hydrogen (secondary N) is 4. The van der Waals surface area contributed by atoms with Crippen LogP contribution < -0.4 is 30.7 Å². The van der Waals surface area contributed by atoms with Crippen LogP contribution in [0, 0.1) is 10.8 Å². The molecule has 2 aliphatic rings. The number of alkyl carbamates (subject to hydrolysis) is 1. The average molecular weight is 923 g/mol. The van der Waals surface area contributed by atoms with Crippen LogP contribution in [0.5, 0.6) is 11.5 Å². The van der Waals surface area contributed by atoms with Crippen molar-refractivity contribution in [1.82, 2.24) is 21.3 Å². The minimum Gasteiger partial charge on any atom is -0.493 e. The SMILES string of the molecule is C.CC(=O)N[C@@H](Cc1ccccc1)[C@H](O)CN[C@H]1CCOc2ccc(CC(C)(C)C)cc21.CC(C)(C)Cc1ccc2c(c1)[C@@H](NC[C@@H](O)[C@H](Cc1ccccc1)NC(=O)OC(C)(C)C)CCO2. The van der Waals surface area contributed by atoms with Gasteiger partial charge < -0.3 is 45.7 Å². The van der Waals surface area contributed by atoms with Crippen molar-refractivity contribution in [3.05, 3.63) is 130 Å². The van der Waals surface area contributed by atoms with Crippen molar-refractivity contribution in [2.45, 2.75) is 157 Å². The van der Waals surface area contributed by atoms with Crippen LogP contribution in [0.2, 0.25) is 0 Å². The lowest BCUT2D eigenvalue weighted by atomic mass is 9.86. The quantitative estimate of drug-likeness (QED) is 0.0646. The molecule has 0 bridgehead atoms. The Morgan fingerprint density at radius 3 is 1.39 bits per heavy atom. The standard InChI is InChI=1S/C29H42N2O4.C26H36N2O3.CH4/c1-28(2,3)18-21-12-13-26-22(16-21)23(14-15-34-26)30-19-25(32)24(17-20-10-8-7-9-11-20)31-27(33)35-29(4,5)6;1-18(29)28-23(15-19-8-6-5-7-9-19)24(30)17-27-22-12-13-31-25-11-10-20(14-21(22)25)16-26(2,3)4;/h7-13,16,23-25,30,32H,14-15,17-19H2,1-6H3,(H,31,33);5-11,14,22-24,27,30H,12-13,15-17H2,1-4H3,(H,28,29);1H4/t23-,24-,25+;22-,23-,24+;/m00./s1. The predicted octanol–water partition coefficient (Wildman–Crippen LogP) is 9.62. The Bertz CT molecular complexity index is 2130. The molecule has 0 fully saturated rings. The highest BCUT2D eigenvalue weighted by Crippen LogP contribution is 2.36. The zero-order chi connectivity index (χ0) is 48.1. The molecule has 11 nitrogen and oxygen atoms in total. The van der Waals surface area contributed by atoms with Crippen LogP contribution in [0.4, 0.5) is 4.79 Å². The van der Waals surface area contributed by atoms with Gasteiger partial charge in [0.05, 0.1) is 37.5 Å². The Morgan fingerprint density at radius 1 is 0.612 bits per heavy atom. The number of ether oxygens (including phenoxy) is 3. The zero-order valence-corrected chi connectivity index (χ0v) is 41.2. The van der Waals surface area contributed by atoms with Crippen LogP contribution in [-0.2, 0) is 35.2 Å².